The van der Waals surface area contributed by atoms with E-state index in [1.807, 2.05) is 37.3 Å². The van der Waals surface area contributed by atoms with E-state index in [4.69, 9.17) is 14.2 Å². The van der Waals surface area contributed by atoms with Gasteiger partial charge in [-0.1, -0.05) is 0 Å². The molecule has 180 valence electrons. The highest BCUT2D eigenvalue weighted by molar-refractivity contribution is 7.89. The fourth-order valence-corrected chi connectivity index (χ4v) is 5.29. The predicted molar refractivity (Wildman–Crippen MR) is 129 cm³/mol. The molecule has 0 radical (unpaired) electrons. The second-order valence-electron chi connectivity index (χ2n) is 7.63. The lowest BCUT2D eigenvalue weighted by Gasteiger charge is -2.34. The van der Waals surface area contributed by atoms with Crippen LogP contribution in [0.15, 0.2) is 59.8 Å². The summed E-state index contributed by atoms with van der Waals surface area (Å²) in [5.74, 6) is 2.44. The van der Waals surface area contributed by atoms with E-state index >= 15 is 0 Å². The Bertz CT molecular complexity index is 1230. The van der Waals surface area contributed by atoms with Crippen LogP contribution in [0.25, 0.3) is 11.3 Å². The molecule has 0 amide bonds. The summed E-state index contributed by atoms with van der Waals surface area (Å²) in [7, 11) is -0.663. The van der Waals surface area contributed by atoms with Gasteiger partial charge in [-0.15, -0.1) is 0 Å². The first-order valence-electron chi connectivity index (χ1n) is 11.0. The van der Waals surface area contributed by atoms with Crippen LogP contribution >= 0.6 is 0 Å². The van der Waals surface area contributed by atoms with Gasteiger partial charge < -0.3 is 19.1 Å². The number of piperazine rings is 1. The maximum Gasteiger partial charge on any atom is 0.243 e. The molecule has 1 aliphatic rings. The summed E-state index contributed by atoms with van der Waals surface area (Å²) in [5.41, 5.74) is 1.76. The van der Waals surface area contributed by atoms with Crippen LogP contribution in [0.1, 0.15) is 6.92 Å². The van der Waals surface area contributed by atoms with Gasteiger partial charge >= 0.3 is 0 Å². The summed E-state index contributed by atoms with van der Waals surface area (Å²) in [6.07, 6.45) is 1.54. The molecule has 1 saturated heterocycles. The average molecular weight is 485 g/mol. The van der Waals surface area contributed by atoms with Crippen molar-refractivity contribution in [1.29, 1.82) is 0 Å². The fourth-order valence-electron chi connectivity index (χ4n) is 3.85. The topological polar surface area (TPSA) is 94.1 Å². The average Bonchev–Trinajstić information content (AvgIpc) is 2.89. The summed E-state index contributed by atoms with van der Waals surface area (Å²) in [6, 6.07) is 14.3. The summed E-state index contributed by atoms with van der Waals surface area (Å²) in [5, 5.41) is 0. The molecule has 0 aliphatic carbocycles. The molecule has 1 fully saturated rings. The van der Waals surface area contributed by atoms with Crippen molar-refractivity contribution in [3.05, 3.63) is 54.9 Å². The molecule has 10 heteroatoms. The second kappa shape index (κ2) is 10.3. The molecule has 9 nitrogen and oxygen atoms in total. The quantitative estimate of drug-likeness (QED) is 0.482. The highest BCUT2D eigenvalue weighted by atomic mass is 32.2. The van der Waals surface area contributed by atoms with Gasteiger partial charge in [0.2, 0.25) is 10.0 Å². The minimum absolute atomic E-state index is 0.179. The van der Waals surface area contributed by atoms with Gasteiger partial charge in [-0.05, 0) is 43.3 Å². The smallest absolute Gasteiger partial charge is 0.243 e. The molecule has 2 heterocycles. The molecule has 2 aromatic carbocycles. The Labute approximate surface area is 200 Å². The minimum Gasteiger partial charge on any atom is -0.494 e. The molecule has 0 unspecified atom stereocenters. The van der Waals surface area contributed by atoms with Gasteiger partial charge in [0.1, 0.15) is 17.9 Å². The van der Waals surface area contributed by atoms with E-state index in [2.05, 4.69) is 14.9 Å². The monoisotopic (exact) mass is 484 g/mol. The number of hydrogen-bond acceptors (Lipinski definition) is 8. The molecule has 34 heavy (non-hydrogen) atoms. The van der Waals surface area contributed by atoms with E-state index < -0.39 is 10.0 Å². The number of hydrogen-bond donors (Lipinski definition) is 0. The lowest BCUT2D eigenvalue weighted by molar-refractivity contribution is 0.340. The Morgan fingerprint density at radius 2 is 1.59 bits per heavy atom. The Kier molecular flexibility index (Phi) is 7.18. The van der Waals surface area contributed by atoms with E-state index in [0.717, 1.165) is 22.8 Å². The summed E-state index contributed by atoms with van der Waals surface area (Å²) < 4.78 is 43.8. The standard InChI is InChI=1S/C24H28N4O5S/c1-4-33-19-7-5-18(6-8-19)21-16-24(26-17-25-21)27-11-13-28(14-12-27)34(29,30)20-9-10-22(31-2)23(15-20)32-3/h5-10,15-17H,4,11-14H2,1-3H3. The first-order valence-corrected chi connectivity index (χ1v) is 12.4. The number of methoxy groups -OCH3 is 2. The van der Waals surface area contributed by atoms with Crippen LogP contribution in [0.3, 0.4) is 0 Å². The van der Waals surface area contributed by atoms with Crippen molar-refractivity contribution < 1.29 is 22.6 Å². The largest absolute Gasteiger partial charge is 0.494 e. The normalized spacial score (nSPS) is 14.6. The molecule has 1 aliphatic heterocycles. The third-order valence-corrected chi connectivity index (χ3v) is 7.56. The zero-order valence-corrected chi connectivity index (χ0v) is 20.3. The second-order valence-corrected chi connectivity index (χ2v) is 9.56. The van der Waals surface area contributed by atoms with E-state index in [0.29, 0.717) is 44.3 Å². The zero-order chi connectivity index (χ0) is 24.1. The summed E-state index contributed by atoms with van der Waals surface area (Å²) in [6.45, 7) is 4.30. The van der Waals surface area contributed by atoms with Crippen LogP contribution < -0.4 is 19.1 Å². The van der Waals surface area contributed by atoms with Gasteiger partial charge in [0.05, 0.1) is 31.4 Å². The predicted octanol–water partition coefficient (Wildman–Crippen LogP) is 3.07. The van der Waals surface area contributed by atoms with E-state index in [-0.39, 0.29) is 4.90 Å². The van der Waals surface area contributed by atoms with E-state index in [1.54, 1.807) is 6.07 Å². The van der Waals surface area contributed by atoms with E-state index in [1.165, 1.54) is 37.0 Å². The van der Waals surface area contributed by atoms with Crippen LogP contribution in [0.5, 0.6) is 17.2 Å². The Hall–Kier alpha value is -3.37. The van der Waals surface area contributed by atoms with Crippen molar-refractivity contribution in [1.82, 2.24) is 14.3 Å². The fraction of sp³-hybridized carbons (Fsp3) is 0.333. The summed E-state index contributed by atoms with van der Waals surface area (Å²) in [4.78, 5) is 11.1. The van der Waals surface area contributed by atoms with Crippen molar-refractivity contribution in [2.24, 2.45) is 0 Å². The molecule has 0 bridgehead atoms. The van der Waals surface area contributed by atoms with Crippen LogP contribution in [0, 0.1) is 0 Å². The first kappa shape index (κ1) is 23.8. The third-order valence-electron chi connectivity index (χ3n) is 5.67. The maximum absolute atomic E-state index is 13.2. The molecule has 0 spiro atoms. The Morgan fingerprint density at radius 3 is 2.24 bits per heavy atom. The third kappa shape index (κ3) is 4.92. The van der Waals surface area contributed by atoms with Gasteiger partial charge in [0.25, 0.3) is 0 Å². The van der Waals surface area contributed by atoms with Crippen LogP contribution in [0.2, 0.25) is 0 Å². The van der Waals surface area contributed by atoms with Gasteiger partial charge in [-0.3, -0.25) is 0 Å². The van der Waals surface area contributed by atoms with Gasteiger partial charge in [-0.2, -0.15) is 4.31 Å². The number of sulfonamides is 1. The molecule has 1 aromatic heterocycles. The molecule has 0 saturated carbocycles. The number of rotatable bonds is 8. The highest BCUT2D eigenvalue weighted by Gasteiger charge is 2.30. The minimum atomic E-state index is -3.66. The molecular weight excluding hydrogens is 456 g/mol. The van der Waals surface area contributed by atoms with E-state index in [9.17, 15) is 8.42 Å². The molecule has 0 atom stereocenters. The van der Waals surface area contributed by atoms with Crippen molar-refractivity contribution in [3.8, 4) is 28.5 Å². The van der Waals surface area contributed by atoms with Gasteiger partial charge in [0, 0.05) is 43.9 Å². The molecule has 3 aromatic rings. The SMILES string of the molecule is CCOc1ccc(-c2cc(N3CCN(S(=O)(=O)c4ccc(OC)c(OC)c4)CC3)ncn2)cc1. The number of ether oxygens (including phenoxy) is 3. The van der Waals surface area contributed by atoms with Crippen LogP contribution in [-0.2, 0) is 10.0 Å². The number of benzene rings is 2. The Balaban J connectivity index is 1.46. The van der Waals surface area contributed by atoms with Gasteiger partial charge in [-0.25, -0.2) is 18.4 Å². The van der Waals surface area contributed by atoms with Crippen LogP contribution in [-0.4, -0.2) is 69.7 Å². The molecule has 4 rings (SSSR count). The number of anilines is 1. The lowest BCUT2D eigenvalue weighted by Crippen LogP contribution is -2.48. The maximum atomic E-state index is 13.2. The summed E-state index contributed by atoms with van der Waals surface area (Å²) >= 11 is 0. The van der Waals surface area contributed by atoms with Crippen molar-refractivity contribution in [3.63, 3.8) is 0 Å². The zero-order valence-electron chi connectivity index (χ0n) is 19.5. The van der Waals surface area contributed by atoms with Crippen molar-refractivity contribution in [2.45, 2.75) is 11.8 Å². The van der Waals surface area contributed by atoms with Gasteiger partial charge in [0.15, 0.2) is 11.5 Å². The molecule has 0 N–H and O–H groups in total. The highest BCUT2D eigenvalue weighted by Crippen LogP contribution is 2.31. The Morgan fingerprint density at radius 1 is 0.882 bits per heavy atom. The van der Waals surface area contributed by atoms with Crippen molar-refractivity contribution >= 4 is 15.8 Å². The lowest BCUT2D eigenvalue weighted by atomic mass is 10.1. The number of aromatic nitrogens is 2. The van der Waals surface area contributed by atoms with Crippen molar-refractivity contribution in [2.75, 3.05) is 51.9 Å². The number of nitrogens with zero attached hydrogens (tertiary/aromatic N) is 4. The first-order chi connectivity index (χ1) is 16.5. The van der Waals surface area contributed by atoms with Crippen LogP contribution in [0.4, 0.5) is 5.82 Å². The molecular formula is C24H28N4O5S.